The highest BCUT2D eigenvalue weighted by atomic mass is 19.1. The average Bonchev–Trinajstić information content (AvgIpc) is 2.87. The Labute approximate surface area is 105 Å². The molecule has 0 aliphatic rings. The number of aromatic nitrogens is 2. The van der Waals surface area contributed by atoms with E-state index < -0.39 is 0 Å². The van der Waals surface area contributed by atoms with Gasteiger partial charge in [0.15, 0.2) is 0 Å². The van der Waals surface area contributed by atoms with Crippen molar-refractivity contribution in [2.45, 2.75) is 19.5 Å². The van der Waals surface area contributed by atoms with Crippen molar-refractivity contribution in [3.8, 4) is 0 Å². The lowest BCUT2D eigenvalue weighted by Crippen LogP contribution is -2.14. The third-order valence-electron chi connectivity index (χ3n) is 2.75. The van der Waals surface area contributed by atoms with Gasteiger partial charge in [0, 0.05) is 24.0 Å². The summed E-state index contributed by atoms with van der Waals surface area (Å²) >= 11 is 0. The van der Waals surface area contributed by atoms with E-state index in [0.29, 0.717) is 0 Å². The molecule has 0 saturated carbocycles. The van der Waals surface area contributed by atoms with E-state index in [9.17, 15) is 9.50 Å². The second kappa shape index (κ2) is 5.64. The Morgan fingerprint density at radius 2 is 2.11 bits per heavy atom. The number of benzene rings is 1. The monoisotopic (exact) mass is 249 g/mol. The summed E-state index contributed by atoms with van der Waals surface area (Å²) in [6, 6.07) is 5.80. The number of aryl methyl sites for hydroxylation is 1. The standard InChI is InChI=1S/C13H16FN3O/c1-2-17-8-10(7-15-17)13(9-18)16-12-5-3-11(14)4-6-12/h3-8,13,16,18H,2,9H2,1H3. The largest absolute Gasteiger partial charge is 0.394 e. The summed E-state index contributed by atoms with van der Waals surface area (Å²) in [6.07, 6.45) is 3.61. The van der Waals surface area contributed by atoms with E-state index in [4.69, 9.17) is 0 Å². The first kappa shape index (κ1) is 12.6. The van der Waals surface area contributed by atoms with Crippen LogP contribution in [0.5, 0.6) is 0 Å². The van der Waals surface area contributed by atoms with Crippen molar-refractivity contribution >= 4 is 5.69 Å². The van der Waals surface area contributed by atoms with Crippen molar-refractivity contribution in [3.63, 3.8) is 0 Å². The highest BCUT2D eigenvalue weighted by molar-refractivity contribution is 5.45. The lowest BCUT2D eigenvalue weighted by Gasteiger charge is -2.16. The molecule has 2 rings (SSSR count). The summed E-state index contributed by atoms with van der Waals surface area (Å²) in [5.74, 6) is -0.278. The van der Waals surface area contributed by atoms with E-state index >= 15 is 0 Å². The molecule has 5 heteroatoms. The van der Waals surface area contributed by atoms with E-state index in [1.807, 2.05) is 13.1 Å². The normalized spacial score (nSPS) is 12.4. The van der Waals surface area contributed by atoms with Crippen LogP contribution in [0.3, 0.4) is 0 Å². The van der Waals surface area contributed by atoms with Crippen molar-refractivity contribution in [2.75, 3.05) is 11.9 Å². The van der Waals surface area contributed by atoms with E-state index in [0.717, 1.165) is 17.8 Å². The summed E-state index contributed by atoms with van der Waals surface area (Å²) in [5, 5.41) is 16.7. The molecule has 0 radical (unpaired) electrons. The molecule has 1 heterocycles. The molecule has 0 spiro atoms. The molecule has 0 amide bonds. The summed E-state index contributed by atoms with van der Waals surface area (Å²) < 4.78 is 14.6. The Bertz CT molecular complexity index is 495. The van der Waals surface area contributed by atoms with Gasteiger partial charge in [0.1, 0.15) is 5.82 Å². The van der Waals surface area contributed by atoms with E-state index in [1.54, 1.807) is 23.0 Å². The quantitative estimate of drug-likeness (QED) is 0.854. The van der Waals surface area contributed by atoms with Gasteiger partial charge in [0.2, 0.25) is 0 Å². The highest BCUT2D eigenvalue weighted by Gasteiger charge is 2.12. The smallest absolute Gasteiger partial charge is 0.123 e. The Morgan fingerprint density at radius 3 is 2.67 bits per heavy atom. The minimum Gasteiger partial charge on any atom is -0.394 e. The number of rotatable bonds is 5. The van der Waals surface area contributed by atoms with E-state index in [1.165, 1.54) is 12.1 Å². The van der Waals surface area contributed by atoms with Crippen LogP contribution in [0.1, 0.15) is 18.5 Å². The summed E-state index contributed by atoms with van der Waals surface area (Å²) in [7, 11) is 0. The number of halogens is 1. The number of nitrogens with one attached hydrogen (secondary N) is 1. The zero-order chi connectivity index (χ0) is 13.0. The average molecular weight is 249 g/mol. The Kier molecular flexibility index (Phi) is 3.94. The van der Waals surface area contributed by atoms with Crippen LogP contribution in [0, 0.1) is 5.82 Å². The van der Waals surface area contributed by atoms with Gasteiger partial charge in [0.25, 0.3) is 0 Å². The lowest BCUT2D eigenvalue weighted by molar-refractivity contribution is 0.276. The zero-order valence-electron chi connectivity index (χ0n) is 10.2. The van der Waals surface area contributed by atoms with Crippen molar-refractivity contribution < 1.29 is 9.50 Å². The molecule has 4 nitrogen and oxygen atoms in total. The molecule has 96 valence electrons. The van der Waals surface area contributed by atoms with Crippen molar-refractivity contribution in [1.29, 1.82) is 0 Å². The topological polar surface area (TPSA) is 50.1 Å². The van der Waals surface area contributed by atoms with Gasteiger partial charge < -0.3 is 10.4 Å². The number of hydrogen-bond acceptors (Lipinski definition) is 3. The predicted molar refractivity (Wildman–Crippen MR) is 67.8 cm³/mol. The number of anilines is 1. The SMILES string of the molecule is CCn1cc(C(CO)Nc2ccc(F)cc2)cn1. The van der Waals surface area contributed by atoms with Gasteiger partial charge in [-0.3, -0.25) is 4.68 Å². The fourth-order valence-corrected chi connectivity index (χ4v) is 1.71. The molecule has 1 aromatic carbocycles. The molecule has 1 unspecified atom stereocenters. The molecular formula is C13H16FN3O. The molecule has 1 aromatic heterocycles. The molecular weight excluding hydrogens is 233 g/mol. The fourth-order valence-electron chi connectivity index (χ4n) is 1.71. The first-order chi connectivity index (χ1) is 8.72. The van der Waals surface area contributed by atoms with Gasteiger partial charge in [0.05, 0.1) is 18.8 Å². The third-order valence-corrected chi connectivity index (χ3v) is 2.75. The van der Waals surface area contributed by atoms with Gasteiger partial charge in [-0.05, 0) is 31.2 Å². The molecule has 0 aliphatic heterocycles. The Morgan fingerprint density at radius 1 is 1.39 bits per heavy atom. The van der Waals surface area contributed by atoms with Gasteiger partial charge in [-0.1, -0.05) is 0 Å². The molecule has 0 saturated heterocycles. The Balaban J connectivity index is 2.11. The Hall–Kier alpha value is -1.88. The van der Waals surface area contributed by atoms with Crippen LogP contribution in [0.25, 0.3) is 0 Å². The predicted octanol–water partition coefficient (Wildman–Crippen LogP) is 2.19. The number of aliphatic hydroxyl groups is 1. The molecule has 2 N–H and O–H groups in total. The van der Waals surface area contributed by atoms with Crippen molar-refractivity contribution in [3.05, 3.63) is 48.0 Å². The van der Waals surface area contributed by atoms with Gasteiger partial charge in [-0.25, -0.2) is 4.39 Å². The zero-order valence-corrected chi connectivity index (χ0v) is 10.2. The summed E-state index contributed by atoms with van der Waals surface area (Å²) in [5.41, 5.74) is 1.67. The van der Waals surface area contributed by atoms with Crippen LogP contribution in [0.15, 0.2) is 36.7 Å². The second-order valence-electron chi connectivity index (χ2n) is 4.02. The van der Waals surface area contributed by atoms with Crippen molar-refractivity contribution in [2.24, 2.45) is 0 Å². The maximum Gasteiger partial charge on any atom is 0.123 e. The molecule has 2 aromatic rings. The maximum atomic E-state index is 12.8. The maximum absolute atomic E-state index is 12.8. The van der Waals surface area contributed by atoms with E-state index in [2.05, 4.69) is 10.4 Å². The first-order valence-corrected chi connectivity index (χ1v) is 5.88. The van der Waals surface area contributed by atoms with Crippen LogP contribution >= 0.6 is 0 Å². The fraction of sp³-hybridized carbons (Fsp3) is 0.308. The number of nitrogens with zero attached hydrogens (tertiary/aromatic N) is 2. The van der Waals surface area contributed by atoms with Gasteiger partial charge >= 0.3 is 0 Å². The second-order valence-corrected chi connectivity index (χ2v) is 4.02. The minimum absolute atomic E-state index is 0.0488. The molecule has 0 fully saturated rings. The highest BCUT2D eigenvalue weighted by Crippen LogP contribution is 2.19. The third kappa shape index (κ3) is 2.87. The number of hydrogen-bond donors (Lipinski definition) is 2. The summed E-state index contributed by atoms with van der Waals surface area (Å²) in [4.78, 5) is 0. The molecule has 0 aliphatic carbocycles. The molecule has 18 heavy (non-hydrogen) atoms. The number of aliphatic hydroxyl groups excluding tert-OH is 1. The van der Waals surface area contributed by atoms with Crippen LogP contribution in [-0.2, 0) is 6.54 Å². The van der Waals surface area contributed by atoms with Gasteiger partial charge in [-0.15, -0.1) is 0 Å². The van der Waals surface area contributed by atoms with Crippen LogP contribution in [0.2, 0.25) is 0 Å². The first-order valence-electron chi connectivity index (χ1n) is 5.88. The summed E-state index contributed by atoms with van der Waals surface area (Å²) in [6.45, 7) is 2.74. The lowest BCUT2D eigenvalue weighted by atomic mass is 10.1. The van der Waals surface area contributed by atoms with Gasteiger partial charge in [-0.2, -0.15) is 5.10 Å². The van der Waals surface area contributed by atoms with E-state index in [-0.39, 0.29) is 18.5 Å². The van der Waals surface area contributed by atoms with Crippen molar-refractivity contribution in [1.82, 2.24) is 9.78 Å². The van der Waals surface area contributed by atoms with Crippen LogP contribution in [0.4, 0.5) is 10.1 Å². The minimum atomic E-state index is -0.278. The van der Waals surface area contributed by atoms with Crippen LogP contribution < -0.4 is 5.32 Å². The van der Waals surface area contributed by atoms with Crippen LogP contribution in [-0.4, -0.2) is 21.5 Å². The molecule has 1 atom stereocenters. The molecule has 0 bridgehead atoms.